The Balaban J connectivity index is 2.12. The molecular formula is C14H12N2O3S. The average molecular weight is 288 g/mol. The van der Waals surface area contributed by atoms with Crippen LogP contribution in [0.15, 0.2) is 35.1 Å². The summed E-state index contributed by atoms with van der Waals surface area (Å²) in [5.74, 6) is -0.518. The Morgan fingerprint density at radius 1 is 1.20 bits per heavy atom. The second kappa shape index (κ2) is 4.79. The lowest BCUT2D eigenvalue weighted by Gasteiger charge is -2.17. The summed E-state index contributed by atoms with van der Waals surface area (Å²) in [6.45, 7) is 1.86. The lowest BCUT2D eigenvalue weighted by molar-refractivity contribution is -0.119. The number of amides is 2. The summed E-state index contributed by atoms with van der Waals surface area (Å²) < 4.78 is 0. The zero-order valence-corrected chi connectivity index (χ0v) is 11.5. The Hall–Kier alpha value is -2.08. The van der Waals surface area contributed by atoms with E-state index in [2.05, 4.69) is 10.3 Å². The molecule has 2 unspecified atom stereocenters. The second-order valence-corrected chi connectivity index (χ2v) is 5.85. The molecule has 20 heavy (non-hydrogen) atoms. The highest BCUT2D eigenvalue weighted by Gasteiger charge is 2.37. The lowest BCUT2D eigenvalue weighted by atomic mass is 9.94. The van der Waals surface area contributed by atoms with Crippen molar-refractivity contribution in [1.82, 2.24) is 10.3 Å². The fourth-order valence-electron chi connectivity index (χ4n) is 2.47. The summed E-state index contributed by atoms with van der Waals surface area (Å²) >= 11 is 0.979. The number of carbonyl (C=O) groups is 2. The Morgan fingerprint density at radius 3 is 2.65 bits per heavy atom. The van der Waals surface area contributed by atoms with E-state index in [1.807, 2.05) is 31.2 Å². The molecule has 2 N–H and O–H groups in total. The van der Waals surface area contributed by atoms with E-state index >= 15 is 0 Å². The van der Waals surface area contributed by atoms with E-state index in [4.69, 9.17) is 0 Å². The SMILES string of the molecule is CC(c1cc(=O)[nH]c2ccccc12)C1SC(=O)NC1=O. The van der Waals surface area contributed by atoms with Crippen LogP contribution in [0.5, 0.6) is 0 Å². The molecule has 0 radical (unpaired) electrons. The number of nitrogens with one attached hydrogen (secondary N) is 2. The summed E-state index contributed by atoms with van der Waals surface area (Å²) in [5.41, 5.74) is 1.31. The van der Waals surface area contributed by atoms with Crippen LogP contribution in [0.4, 0.5) is 4.79 Å². The van der Waals surface area contributed by atoms with Crippen molar-refractivity contribution in [2.75, 3.05) is 0 Å². The van der Waals surface area contributed by atoms with Crippen molar-refractivity contribution >= 4 is 33.8 Å². The quantitative estimate of drug-likeness (QED) is 0.885. The first-order valence-electron chi connectivity index (χ1n) is 6.19. The minimum absolute atomic E-state index is 0.208. The van der Waals surface area contributed by atoms with E-state index in [9.17, 15) is 14.4 Å². The van der Waals surface area contributed by atoms with Gasteiger partial charge in [-0.15, -0.1) is 0 Å². The number of aromatic amines is 1. The Kier molecular flexibility index (Phi) is 3.10. The minimum atomic E-state index is -0.493. The maximum Gasteiger partial charge on any atom is 0.286 e. The molecule has 102 valence electrons. The van der Waals surface area contributed by atoms with Gasteiger partial charge in [0.05, 0.1) is 5.25 Å². The summed E-state index contributed by atoms with van der Waals surface area (Å²) in [4.78, 5) is 37.6. The molecular weight excluding hydrogens is 276 g/mol. The predicted molar refractivity (Wildman–Crippen MR) is 77.9 cm³/mol. The zero-order chi connectivity index (χ0) is 14.3. The van der Waals surface area contributed by atoms with Gasteiger partial charge in [0, 0.05) is 22.9 Å². The van der Waals surface area contributed by atoms with Gasteiger partial charge in [-0.25, -0.2) is 0 Å². The van der Waals surface area contributed by atoms with E-state index in [0.717, 1.165) is 28.2 Å². The average Bonchev–Trinajstić information content (AvgIpc) is 2.76. The van der Waals surface area contributed by atoms with E-state index in [-0.39, 0.29) is 22.6 Å². The first kappa shape index (κ1) is 12.9. The van der Waals surface area contributed by atoms with E-state index in [1.54, 1.807) is 0 Å². The predicted octanol–water partition coefficient (Wildman–Crippen LogP) is 1.98. The molecule has 0 spiro atoms. The number of rotatable bonds is 2. The largest absolute Gasteiger partial charge is 0.322 e. The van der Waals surface area contributed by atoms with Gasteiger partial charge >= 0.3 is 0 Å². The summed E-state index contributed by atoms with van der Waals surface area (Å²) in [6.07, 6.45) is 0. The molecule has 3 rings (SSSR count). The van der Waals surface area contributed by atoms with E-state index in [1.165, 1.54) is 6.07 Å². The monoisotopic (exact) mass is 288 g/mol. The molecule has 1 aliphatic heterocycles. The summed E-state index contributed by atoms with van der Waals surface area (Å²) in [5, 5.41) is 2.35. The minimum Gasteiger partial charge on any atom is -0.322 e. The van der Waals surface area contributed by atoms with Crippen LogP contribution in [-0.4, -0.2) is 21.4 Å². The van der Waals surface area contributed by atoms with Crippen LogP contribution in [0.2, 0.25) is 0 Å². The van der Waals surface area contributed by atoms with Crippen LogP contribution in [0.25, 0.3) is 10.9 Å². The van der Waals surface area contributed by atoms with Gasteiger partial charge in [-0.05, 0) is 11.6 Å². The smallest absolute Gasteiger partial charge is 0.286 e. The van der Waals surface area contributed by atoms with Crippen molar-refractivity contribution in [3.8, 4) is 0 Å². The van der Waals surface area contributed by atoms with Crippen molar-refractivity contribution in [3.05, 3.63) is 46.2 Å². The standard InChI is InChI=1S/C14H12N2O3S/c1-7(12-13(18)16-14(19)20-12)9-6-11(17)15-10-5-3-2-4-8(9)10/h2-7,12H,1H3,(H,15,17)(H,16,18,19). The third-order valence-electron chi connectivity index (χ3n) is 3.44. The Labute approximate surface area is 118 Å². The first-order chi connectivity index (χ1) is 9.56. The van der Waals surface area contributed by atoms with Crippen molar-refractivity contribution in [2.24, 2.45) is 0 Å². The molecule has 0 bridgehead atoms. The van der Waals surface area contributed by atoms with Gasteiger partial charge in [0.1, 0.15) is 0 Å². The van der Waals surface area contributed by atoms with Gasteiger partial charge < -0.3 is 4.98 Å². The number of pyridine rings is 1. The van der Waals surface area contributed by atoms with E-state index in [0.29, 0.717) is 0 Å². The van der Waals surface area contributed by atoms with Gasteiger partial charge in [0.15, 0.2) is 0 Å². The van der Waals surface area contributed by atoms with Crippen LogP contribution in [0.1, 0.15) is 18.4 Å². The van der Waals surface area contributed by atoms with Gasteiger partial charge in [0.25, 0.3) is 5.24 Å². The maximum absolute atomic E-state index is 11.8. The highest BCUT2D eigenvalue weighted by molar-refractivity contribution is 8.15. The molecule has 0 aliphatic carbocycles. The van der Waals surface area contributed by atoms with Crippen molar-refractivity contribution in [2.45, 2.75) is 18.1 Å². The number of thioether (sulfide) groups is 1. The number of carbonyl (C=O) groups excluding carboxylic acids is 2. The van der Waals surface area contributed by atoms with Crippen LogP contribution < -0.4 is 10.9 Å². The number of aromatic nitrogens is 1. The molecule has 1 aromatic heterocycles. The molecule has 6 heteroatoms. The van der Waals surface area contributed by atoms with Crippen molar-refractivity contribution in [3.63, 3.8) is 0 Å². The highest BCUT2D eigenvalue weighted by Crippen LogP contribution is 2.34. The zero-order valence-electron chi connectivity index (χ0n) is 10.7. The van der Waals surface area contributed by atoms with Gasteiger partial charge in [-0.1, -0.05) is 36.9 Å². The Bertz CT molecular complexity index is 768. The number of hydrogen-bond donors (Lipinski definition) is 2. The molecule has 5 nitrogen and oxygen atoms in total. The molecule has 2 amide bonds. The molecule has 1 saturated heterocycles. The molecule has 2 atom stereocenters. The van der Waals surface area contributed by atoms with Crippen LogP contribution >= 0.6 is 11.8 Å². The van der Waals surface area contributed by atoms with Crippen LogP contribution in [0.3, 0.4) is 0 Å². The highest BCUT2D eigenvalue weighted by atomic mass is 32.2. The van der Waals surface area contributed by atoms with Crippen LogP contribution in [-0.2, 0) is 4.79 Å². The second-order valence-electron chi connectivity index (χ2n) is 4.74. The maximum atomic E-state index is 11.8. The number of fused-ring (bicyclic) bond motifs is 1. The third kappa shape index (κ3) is 2.12. The molecule has 2 aromatic rings. The molecule has 2 heterocycles. The first-order valence-corrected chi connectivity index (χ1v) is 7.07. The van der Waals surface area contributed by atoms with Gasteiger partial charge in [-0.3, -0.25) is 19.7 Å². The summed E-state index contributed by atoms with van der Waals surface area (Å²) in [6, 6.07) is 8.94. The van der Waals surface area contributed by atoms with Gasteiger partial charge in [-0.2, -0.15) is 0 Å². The third-order valence-corrected chi connectivity index (χ3v) is 4.64. The summed E-state index contributed by atoms with van der Waals surface area (Å²) in [7, 11) is 0. The topological polar surface area (TPSA) is 79.0 Å². The number of para-hydroxylation sites is 1. The van der Waals surface area contributed by atoms with Crippen molar-refractivity contribution in [1.29, 1.82) is 0 Å². The van der Waals surface area contributed by atoms with Crippen molar-refractivity contribution < 1.29 is 9.59 Å². The number of benzene rings is 1. The number of H-pyrrole nitrogens is 1. The molecule has 1 aromatic carbocycles. The molecule has 1 fully saturated rings. The number of imide groups is 1. The van der Waals surface area contributed by atoms with Gasteiger partial charge in [0.2, 0.25) is 11.5 Å². The lowest BCUT2D eigenvalue weighted by Crippen LogP contribution is -2.28. The van der Waals surface area contributed by atoms with Crippen LogP contribution in [0, 0.1) is 0 Å². The fourth-order valence-corrected chi connectivity index (χ4v) is 3.38. The molecule has 0 saturated carbocycles. The normalized spacial score (nSPS) is 20.1. The number of hydrogen-bond acceptors (Lipinski definition) is 4. The fraction of sp³-hybridized carbons (Fsp3) is 0.214. The van der Waals surface area contributed by atoms with E-state index < -0.39 is 5.25 Å². The molecule has 1 aliphatic rings. The Morgan fingerprint density at radius 2 is 1.95 bits per heavy atom.